The van der Waals surface area contributed by atoms with Gasteiger partial charge in [0, 0.05) is 31.9 Å². The molecule has 128 valence electrons. The number of aryl methyl sites for hydroxylation is 1. The number of hydrogen-bond acceptors (Lipinski definition) is 5. The summed E-state index contributed by atoms with van der Waals surface area (Å²) in [5, 5.41) is 0. The summed E-state index contributed by atoms with van der Waals surface area (Å²) >= 11 is 4.48. The van der Waals surface area contributed by atoms with Crippen LogP contribution in [0.5, 0.6) is 0 Å². The molecule has 24 heavy (non-hydrogen) atoms. The van der Waals surface area contributed by atoms with Crippen molar-refractivity contribution in [2.45, 2.75) is 11.1 Å². The van der Waals surface area contributed by atoms with Crippen molar-refractivity contribution in [1.82, 2.24) is 14.2 Å². The van der Waals surface area contributed by atoms with E-state index in [1.165, 1.54) is 15.6 Å². The number of carbonyl (C=O) groups is 1. The number of pyridine rings is 1. The fraction of sp³-hybridized carbons (Fsp3) is 0.333. The number of thiophene rings is 1. The summed E-state index contributed by atoms with van der Waals surface area (Å²) in [6.07, 6.45) is 0. The molecule has 6 nitrogen and oxygen atoms in total. The second-order valence-corrected chi connectivity index (χ2v) is 10.0. The Bertz CT molecular complexity index is 858. The minimum Gasteiger partial charge on any atom is -0.335 e. The molecule has 1 amide bonds. The first-order valence-corrected chi connectivity index (χ1v) is 10.4. The lowest BCUT2D eigenvalue weighted by atomic mass is 10.2. The standard InChI is InChI=1S/C15H16BrN3O3S2/c1-11-3-2-4-12(17-11)15(20)18-7-9-19(10-8-18)24(21,22)14-6-5-13(16)23-14/h2-6H,7-10H2,1H3. The molecule has 3 heterocycles. The molecular formula is C15H16BrN3O3S2. The number of nitrogens with zero attached hydrogens (tertiary/aromatic N) is 3. The van der Waals surface area contributed by atoms with Crippen LogP contribution in [0.2, 0.25) is 0 Å². The topological polar surface area (TPSA) is 70.6 Å². The fourth-order valence-electron chi connectivity index (χ4n) is 2.52. The van der Waals surface area contributed by atoms with Crippen molar-refractivity contribution < 1.29 is 13.2 Å². The third kappa shape index (κ3) is 3.53. The number of piperazine rings is 1. The highest BCUT2D eigenvalue weighted by Crippen LogP contribution is 2.29. The third-order valence-electron chi connectivity index (χ3n) is 3.78. The monoisotopic (exact) mass is 429 g/mol. The molecule has 0 saturated carbocycles. The Labute approximate surface area is 153 Å². The normalized spacial score (nSPS) is 16.3. The molecule has 0 aromatic carbocycles. The van der Waals surface area contributed by atoms with E-state index in [2.05, 4.69) is 20.9 Å². The first kappa shape index (κ1) is 17.5. The van der Waals surface area contributed by atoms with Crippen LogP contribution in [0.4, 0.5) is 0 Å². The zero-order chi connectivity index (χ0) is 17.3. The smallest absolute Gasteiger partial charge is 0.272 e. The molecule has 0 bridgehead atoms. The molecule has 1 aliphatic rings. The third-order valence-corrected chi connectivity index (χ3v) is 7.77. The number of sulfonamides is 1. The van der Waals surface area contributed by atoms with E-state index in [9.17, 15) is 13.2 Å². The molecule has 2 aromatic rings. The summed E-state index contributed by atoms with van der Waals surface area (Å²) in [5.41, 5.74) is 1.18. The van der Waals surface area contributed by atoms with Gasteiger partial charge in [0.15, 0.2) is 0 Å². The van der Waals surface area contributed by atoms with Crippen LogP contribution in [0.25, 0.3) is 0 Å². The SMILES string of the molecule is Cc1cccc(C(=O)N2CCN(S(=O)(=O)c3ccc(Br)s3)CC2)n1. The minimum atomic E-state index is -3.49. The zero-order valence-corrected chi connectivity index (χ0v) is 16.2. The molecule has 9 heteroatoms. The van der Waals surface area contributed by atoms with E-state index < -0.39 is 10.0 Å². The first-order valence-electron chi connectivity index (χ1n) is 7.36. The summed E-state index contributed by atoms with van der Waals surface area (Å²) in [7, 11) is -3.49. The van der Waals surface area contributed by atoms with Crippen LogP contribution in [0.15, 0.2) is 38.3 Å². The second kappa shape index (κ2) is 6.91. The predicted molar refractivity (Wildman–Crippen MR) is 95.7 cm³/mol. The maximum atomic E-state index is 12.6. The number of aromatic nitrogens is 1. The van der Waals surface area contributed by atoms with Crippen LogP contribution < -0.4 is 0 Å². The van der Waals surface area contributed by atoms with E-state index >= 15 is 0 Å². The van der Waals surface area contributed by atoms with Gasteiger partial charge in [0.1, 0.15) is 9.90 Å². The van der Waals surface area contributed by atoms with Crippen LogP contribution in [0.3, 0.4) is 0 Å². The molecular weight excluding hydrogens is 414 g/mol. The van der Waals surface area contributed by atoms with Crippen LogP contribution >= 0.6 is 27.3 Å². The van der Waals surface area contributed by atoms with E-state index in [1.54, 1.807) is 29.2 Å². The van der Waals surface area contributed by atoms with E-state index in [4.69, 9.17) is 0 Å². The van der Waals surface area contributed by atoms with Gasteiger partial charge in [-0.1, -0.05) is 6.07 Å². The molecule has 0 unspecified atom stereocenters. The zero-order valence-electron chi connectivity index (χ0n) is 13.0. The summed E-state index contributed by atoms with van der Waals surface area (Å²) in [5.74, 6) is -0.158. The maximum absolute atomic E-state index is 12.6. The average molecular weight is 430 g/mol. The quantitative estimate of drug-likeness (QED) is 0.750. The minimum absolute atomic E-state index is 0.158. The highest BCUT2D eigenvalue weighted by molar-refractivity contribution is 9.11. The summed E-state index contributed by atoms with van der Waals surface area (Å²) in [6, 6.07) is 8.63. The van der Waals surface area contributed by atoms with Gasteiger partial charge in [-0.2, -0.15) is 4.31 Å². The van der Waals surface area contributed by atoms with Gasteiger partial charge in [-0.3, -0.25) is 4.79 Å². The highest BCUT2D eigenvalue weighted by atomic mass is 79.9. The van der Waals surface area contributed by atoms with Gasteiger partial charge >= 0.3 is 0 Å². The predicted octanol–water partition coefficient (Wildman–Crippen LogP) is 2.36. The first-order chi connectivity index (χ1) is 11.4. The molecule has 0 atom stereocenters. The van der Waals surface area contributed by atoms with Crippen molar-refractivity contribution in [3.8, 4) is 0 Å². The van der Waals surface area contributed by atoms with E-state index in [1.807, 2.05) is 13.0 Å². The van der Waals surface area contributed by atoms with Gasteiger partial charge in [0.2, 0.25) is 0 Å². The number of halogens is 1. The highest BCUT2D eigenvalue weighted by Gasteiger charge is 2.31. The molecule has 0 aliphatic carbocycles. The Morgan fingerprint density at radius 3 is 2.46 bits per heavy atom. The van der Waals surface area contributed by atoms with Crippen molar-refractivity contribution in [3.63, 3.8) is 0 Å². The molecule has 3 rings (SSSR count). The lowest BCUT2D eigenvalue weighted by molar-refractivity contribution is 0.0692. The molecule has 0 N–H and O–H groups in total. The van der Waals surface area contributed by atoms with Gasteiger partial charge in [0.25, 0.3) is 15.9 Å². The van der Waals surface area contributed by atoms with Gasteiger partial charge < -0.3 is 4.90 Å². The number of amides is 1. The lowest BCUT2D eigenvalue weighted by Gasteiger charge is -2.33. The van der Waals surface area contributed by atoms with Crippen molar-refractivity contribution in [3.05, 3.63) is 45.5 Å². The van der Waals surface area contributed by atoms with E-state index in [0.717, 1.165) is 9.48 Å². The number of hydrogen-bond donors (Lipinski definition) is 0. The molecule has 0 spiro atoms. The summed E-state index contributed by atoms with van der Waals surface area (Å²) in [4.78, 5) is 18.4. The Hall–Kier alpha value is -1.29. The molecule has 0 radical (unpaired) electrons. The Balaban J connectivity index is 1.68. The van der Waals surface area contributed by atoms with Gasteiger partial charge in [-0.25, -0.2) is 13.4 Å². The largest absolute Gasteiger partial charge is 0.335 e. The molecule has 1 aliphatic heterocycles. The molecule has 2 aromatic heterocycles. The Morgan fingerprint density at radius 2 is 1.88 bits per heavy atom. The average Bonchev–Trinajstić information content (AvgIpc) is 3.01. The number of carbonyl (C=O) groups excluding carboxylic acids is 1. The van der Waals surface area contributed by atoms with Crippen molar-refractivity contribution >= 4 is 43.2 Å². The van der Waals surface area contributed by atoms with E-state index in [-0.39, 0.29) is 19.0 Å². The van der Waals surface area contributed by atoms with Crippen LogP contribution in [0, 0.1) is 6.92 Å². The molecule has 1 fully saturated rings. The number of rotatable bonds is 3. The second-order valence-electron chi connectivity index (χ2n) is 5.42. The van der Waals surface area contributed by atoms with Crippen molar-refractivity contribution in [2.75, 3.05) is 26.2 Å². The fourth-order valence-corrected chi connectivity index (χ4v) is 6.11. The van der Waals surface area contributed by atoms with Crippen LogP contribution in [-0.2, 0) is 10.0 Å². The summed E-state index contributed by atoms with van der Waals surface area (Å²) < 4.78 is 27.7. The van der Waals surface area contributed by atoms with Gasteiger partial charge in [-0.15, -0.1) is 11.3 Å². The summed E-state index contributed by atoms with van der Waals surface area (Å²) in [6.45, 7) is 3.13. The maximum Gasteiger partial charge on any atom is 0.272 e. The van der Waals surface area contributed by atoms with Crippen molar-refractivity contribution in [1.29, 1.82) is 0 Å². The Kier molecular flexibility index (Phi) is 5.05. The van der Waals surface area contributed by atoms with Crippen molar-refractivity contribution in [2.24, 2.45) is 0 Å². The van der Waals surface area contributed by atoms with Gasteiger partial charge in [0.05, 0.1) is 3.79 Å². The van der Waals surface area contributed by atoms with Crippen LogP contribution in [0.1, 0.15) is 16.2 Å². The molecule has 1 saturated heterocycles. The Morgan fingerprint density at radius 1 is 1.17 bits per heavy atom. The van der Waals surface area contributed by atoms with E-state index in [0.29, 0.717) is 23.0 Å². The van der Waals surface area contributed by atoms with Gasteiger partial charge in [-0.05, 0) is 47.1 Å². The lowest BCUT2D eigenvalue weighted by Crippen LogP contribution is -2.50. The van der Waals surface area contributed by atoms with Crippen LogP contribution in [-0.4, -0.2) is 54.7 Å².